The van der Waals surface area contributed by atoms with Crippen LogP contribution >= 0.6 is 0 Å². The summed E-state index contributed by atoms with van der Waals surface area (Å²) >= 11 is 0. The molecule has 0 aromatic carbocycles. The number of amides is 5. The fraction of sp³-hybridized carbons (Fsp3) is 0.865. The Kier molecular flexibility index (Phi) is 13.3. The first-order chi connectivity index (χ1) is 23.0. The monoisotopic (exact) mass is 723 g/mol. The molecule has 3 rings (SSSR count). The van der Waals surface area contributed by atoms with Crippen molar-refractivity contribution < 1.29 is 32.4 Å². The van der Waals surface area contributed by atoms with E-state index >= 15 is 0 Å². The third-order valence-corrected chi connectivity index (χ3v) is 14.1. The van der Waals surface area contributed by atoms with Gasteiger partial charge in [0, 0.05) is 13.1 Å². The molecule has 3 aliphatic rings. The minimum Gasteiger partial charge on any atom is -0.349 e. The standard InChI is InChI=1S/C37H65N5O7S/c1-11-13-18-25(28(43)31(45)38-21-14-12-2)39-30(44)27-26-24(36(26,9)10)22-42(27)32(46)29(34(3,4)5)40-33(47)41-37(19-16-15-17-20-37)23-50(48,49)35(6,7)8/h24-27,29H,11-23H2,1-10H3,(H,38,45)(H,39,44)(H2,40,41,47)/t24-,25?,26-,27-,29+/m0/s1. The molecule has 13 heteroatoms. The van der Waals surface area contributed by atoms with Crippen LogP contribution in [0.15, 0.2) is 0 Å². The van der Waals surface area contributed by atoms with Gasteiger partial charge in [0.15, 0.2) is 9.84 Å². The lowest BCUT2D eigenvalue weighted by molar-refractivity contribution is -0.145. The van der Waals surface area contributed by atoms with Gasteiger partial charge >= 0.3 is 6.03 Å². The number of Topliss-reactive ketones (excluding diaryl/α,β-unsaturated/α-hetero) is 1. The zero-order chi connectivity index (χ0) is 37.9. The van der Waals surface area contributed by atoms with Crippen LogP contribution in [0.1, 0.15) is 133 Å². The van der Waals surface area contributed by atoms with E-state index in [1.807, 2.05) is 34.6 Å². The Morgan fingerprint density at radius 1 is 0.880 bits per heavy atom. The lowest BCUT2D eigenvalue weighted by atomic mass is 9.83. The molecule has 4 N–H and O–H groups in total. The van der Waals surface area contributed by atoms with E-state index in [9.17, 15) is 32.4 Å². The van der Waals surface area contributed by atoms with Gasteiger partial charge < -0.3 is 26.2 Å². The second kappa shape index (κ2) is 15.9. The molecule has 1 heterocycles. The topological polar surface area (TPSA) is 171 Å². The Labute approximate surface area is 300 Å². The molecule has 0 radical (unpaired) electrons. The Morgan fingerprint density at radius 2 is 1.48 bits per heavy atom. The Hall–Kier alpha value is -2.70. The van der Waals surface area contributed by atoms with Crippen LogP contribution in [0.25, 0.3) is 0 Å². The average Bonchev–Trinajstić information content (AvgIpc) is 3.31. The summed E-state index contributed by atoms with van der Waals surface area (Å²) in [4.78, 5) is 69.8. The van der Waals surface area contributed by atoms with Crippen molar-refractivity contribution in [2.75, 3.05) is 18.8 Å². The second-order valence-electron chi connectivity index (χ2n) is 17.7. The summed E-state index contributed by atoms with van der Waals surface area (Å²) in [6, 6.07) is -3.53. The first-order valence-electron chi connectivity index (χ1n) is 18.8. The third kappa shape index (κ3) is 9.59. The van der Waals surface area contributed by atoms with E-state index in [0.29, 0.717) is 38.8 Å². The second-order valence-corrected chi connectivity index (χ2v) is 20.4. The molecule has 12 nitrogen and oxygen atoms in total. The predicted octanol–water partition coefficient (Wildman–Crippen LogP) is 4.26. The molecule has 0 bridgehead atoms. The number of fused-ring (bicyclic) bond motifs is 1. The van der Waals surface area contributed by atoms with Crippen LogP contribution in [0, 0.1) is 22.7 Å². The maximum absolute atomic E-state index is 14.5. The highest BCUT2D eigenvalue weighted by Crippen LogP contribution is 2.65. The number of nitrogens with zero attached hydrogens (tertiary/aromatic N) is 1. The van der Waals surface area contributed by atoms with Crippen molar-refractivity contribution in [1.29, 1.82) is 0 Å². The molecule has 5 amide bonds. The highest BCUT2D eigenvalue weighted by atomic mass is 32.2. The molecule has 2 aliphatic carbocycles. The number of unbranched alkanes of at least 4 members (excludes halogenated alkanes) is 2. The molecule has 0 aromatic heterocycles. The molecule has 1 aliphatic heterocycles. The van der Waals surface area contributed by atoms with Gasteiger partial charge in [0.2, 0.25) is 17.6 Å². The lowest BCUT2D eigenvalue weighted by Crippen LogP contribution is -2.64. The summed E-state index contributed by atoms with van der Waals surface area (Å²) in [6.07, 6.45) is 6.87. The first kappa shape index (κ1) is 41.7. The van der Waals surface area contributed by atoms with Crippen molar-refractivity contribution >= 4 is 39.4 Å². The smallest absolute Gasteiger partial charge is 0.315 e. The van der Waals surface area contributed by atoms with Crippen molar-refractivity contribution in [3.05, 3.63) is 0 Å². The lowest BCUT2D eigenvalue weighted by Gasteiger charge is -2.41. The summed E-state index contributed by atoms with van der Waals surface area (Å²) in [5.74, 6) is -2.57. The van der Waals surface area contributed by atoms with Crippen LogP contribution in [0.3, 0.4) is 0 Å². The molecule has 1 saturated heterocycles. The molecular weight excluding hydrogens is 659 g/mol. The number of carbonyl (C=O) groups excluding carboxylic acids is 5. The van der Waals surface area contributed by atoms with Crippen LogP contribution in [0.4, 0.5) is 4.79 Å². The summed E-state index contributed by atoms with van der Waals surface area (Å²) < 4.78 is 25.6. The van der Waals surface area contributed by atoms with Crippen molar-refractivity contribution in [2.24, 2.45) is 22.7 Å². The number of sulfone groups is 1. The molecule has 3 fully saturated rings. The van der Waals surface area contributed by atoms with Crippen LogP contribution in [0.2, 0.25) is 0 Å². The largest absolute Gasteiger partial charge is 0.349 e. The fourth-order valence-electron chi connectivity index (χ4n) is 7.71. The number of carbonyl (C=O) groups is 5. The van der Waals surface area contributed by atoms with E-state index < -0.39 is 73.2 Å². The van der Waals surface area contributed by atoms with Gasteiger partial charge in [0.1, 0.15) is 12.1 Å². The van der Waals surface area contributed by atoms with E-state index in [4.69, 9.17) is 0 Å². The van der Waals surface area contributed by atoms with Gasteiger partial charge in [0.25, 0.3) is 5.91 Å². The fourth-order valence-corrected chi connectivity index (χ4v) is 9.23. The zero-order valence-corrected chi connectivity index (χ0v) is 33.1. The quantitative estimate of drug-likeness (QED) is 0.145. The van der Waals surface area contributed by atoms with Crippen LogP contribution in [0.5, 0.6) is 0 Å². The number of rotatable bonds is 15. The molecule has 286 valence electrons. The van der Waals surface area contributed by atoms with Gasteiger partial charge in [-0.05, 0) is 69.1 Å². The van der Waals surface area contributed by atoms with Crippen LogP contribution in [-0.2, 0) is 29.0 Å². The average molecular weight is 724 g/mol. The van der Waals surface area contributed by atoms with Crippen molar-refractivity contribution in [1.82, 2.24) is 26.2 Å². The maximum Gasteiger partial charge on any atom is 0.315 e. The molecule has 2 saturated carbocycles. The number of nitrogens with one attached hydrogen (secondary N) is 4. The van der Waals surface area contributed by atoms with Gasteiger partial charge in [-0.2, -0.15) is 0 Å². The number of ketones is 1. The predicted molar refractivity (Wildman–Crippen MR) is 195 cm³/mol. The molecule has 1 unspecified atom stereocenters. The Morgan fingerprint density at radius 3 is 2.02 bits per heavy atom. The Balaban J connectivity index is 1.85. The highest BCUT2D eigenvalue weighted by Gasteiger charge is 2.70. The summed E-state index contributed by atoms with van der Waals surface area (Å²) in [6.45, 7) is 19.3. The highest BCUT2D eigenvalue weighted by molar-refractivity contribution is 7.92. The van der Waals surface area contributed by atoms with E-state index in [0.717, 1.165) is 38.5 Å². The molecule has 5 atom stereocenters. The Bertz CT molecular complexity index is 1370. The van der Waals surface area contributed by atoms with Crippen molar-refractivity contribution in [3.63, 3.8) is 0 Å². The van der Waals surface area contributed by atoms with Gasteiger partial charge in [-0.3, -0.25) is 19.2 Å². The van der Waals surface area contributed by atoms with E-state index in [2.05, 4.69) is 35.1 Å². The minimum atomic E-state index is -3.56. The number of piperidine rings is 1. The molecular formula is C37H65N5O7S. The van der Waals surface area contributed by atoms with E-state index in [1.165, 1.54) is 4.90 Å². The van der Waals surface area contributed by atoms with E-state index in [-0.39, 0.29) is 23.0 Å². The minimum absolute atomic E-state index is 0.0619. The van der Waals surface area contributed by atoms with Gasteiger partial charge in [-0.15, -0.1) is 0 Å². The number of likely N-dealkylation sites (tertiary alicyclic amines) is 1. The molecule has 0 aromatic rings. The summed E-state index contributed by atoms with van der Waals surface area (Å²) in [5.41, 5.74) is -1.91. The van der Waals surface area contributed by atoms with E-state index in [1.54, 1.807) is 20.8 Å². The summed E-state index contributed by atoms with van der Waals surface area (Å²) in [5, 5.41) is 11.4. The van der Waals surface area contributed by atoms with Gasteiger partial charge in [-0.1, -0.05) is 87.0 Å². The SMILES string of the molecule is CCCCNC(=O)C(=O)C(CCCC)NC(=O)[C@@H]1[C@@H]2[C@H](CN1C(=O)[C@@H](NC(=O)NC1(CS(=O)(=O)C(C)(C)C)CCCCC1)C(C)(C)C)C2(C)C. The van der Waals surface area contributed by atoms with Crippen LogP contribution in [-0.4, -0.2) is 90.1 Å². The molecule has 0 spiro atoms. The normalized spacial score (nSPS) is 24.0. The number of urea groups is 1. The zero-order valence-electron chi connectivity index (χ0n) is 32.3. The van der Waals surface area contributed by atoms with Gasteiger partial charge in [-0.25, -0.2) is 13.2 Å². The van der Waals surface area contributed by atoms with Gasteiger partial charge in [0.05, 0.1) is 22.1 Å². The third-order valence-electron chi connectivity index (χ3n) is 11.3. The van der Waals surface area contributed by atoms with Crippen LogP contribution < -0.4 is 21.3 Å². The summed E-state index contributed by atoms with van der Waals surface area (Å²) in [7, 11) is -3.56. The number of hydrogen-bond acceptors (Lipinski definition) is 7. The van der Waals surface area contributed by atoms with Crippen molar-refractivity contribution in [3.8, 4) is 0 Å². The molecule has 50 heavy (non-hydrogen) atoms. The first-order valence-corrected chi connectivity index (χ1v) is 20.4. The number of hydrogen-bond donors (Lipinski definition) is 4. The van der Waals surface area contributed by atoms with Crippen molar-refractivity contribution in [2.45, 2.75) is 162 Å². The maximum atomic E-state index is 14.5.